The average molecular weight is 386 g/mol. The van der Waals surface area contributed by atoms with Gasteiger partial charge in [-0.05, 0) is 25.0 Å². The first kappa shape index (κ1) is 17.8. The van der Waals surface area contributed by atoms with Crippen LogP contribution in [-0.4, -0.2) is 41.1 Å². The van der Waals surface area contributed by atoms with Crippen LogP contribution in [0.5, 0.6) is 0 Å². The molecule has 1 fully saturated rings. The molecule has 2 aromatic rings. The van der Waals surface area contributed by atoms with E-state index in [-0.39, 0.29) is 10.3 Å². The van der Waals surface area contributed by atoms with Gasteiger partial charge in [0.25, 0.3) is 10.0 Å². The SMILES string of the molecule is Cc1nc(S(=O)(=O)N2CCS[C@H](c3ccccc3Cl)CC2)cn1C. The van der Waals surface area contributed by atoms with Gasteiger partial charge in [-0.3, -0.25) is 0 Å². The van der Waals surface area contributed by atoms with Crippen molar-refractivity contribution in [1.82, 2.24) is 13.9 Å². The Kier molecular flexibility index (Phi) is 5.24. The summed E-state index contributed by atoms with van der Waals surface area (Å²) in [5.74, 6) is 1.42. The van der Waals surface area contributed by atoms with E-state index in [1.165, 1.54) is 0 Å². The number of thioether (sulfide) groups is 1. The number of halogens is 1. The zero-order valence-electron chi connectivity index (χ0n) is 13.6. The molecule has 5 nitrogen and oxygen atoms in total. The van der Waals surface area contributed by atoms with Crippen LogP contribution in [0.2, 0.25) is 5.02 Å². The highest BCUT2D eigenvalue weighted by Gasteiger charge is 2.30. The van der Waals surface area contributed by atoms with Crippen molar-refractivity contribution in [3.05, 3.63) is 46.9 Å². The standard InChI is InChI=1S/C16H20ClN3O2S2/c1-12-18-16(11-19(12)2)24(21,22)20-8-7-15(23-10-9-20)13-5-3-4-6-14(13)17/h3-6,11,15H,7-10H2,1-2H3/t15-/m0/s1. The first-order valence-corrected chi connectivity index (χ1v) is 10.6. The van der Waals surface area contributed by atoms with E-state index in [2.05, 4.69) is 4.98 Å². The van der Waals surface area contributed by atoms with Crippen LogP contribution in [0.4, 0.5) is 0 Å². The fraction of sp³-hybridized carbons (Fsp3) is 0.438. The minimum absolute atomic E-state index is 0.128. The van der Waals surface area contributed by atoms with Crippen molar-refractivity contribution in [2.24, 2.45) is 7.05 Å². The Bertz CT molecular complexity index is 816. The van der Waals surface area contributed by atoms with E-state index >= 15 is 0 Å². The highest BCUT2D eigenvalue weighted by atomic mass is 35.5. The molecule has 0 aliphatic carbocycles. The maximum Gasteiger partial charge on any atom is 0.262 e. The van der Waals surface area contributed by atoms with Crippen molar-refractivity contribution < 1.29 is 8.42 Å². The Morgan fingerprint density at radius 2 is 2.04 bits per heavy atom. The molecule has 8 heteroatoms. The summed E-state index contributed by atoms with van der Waals surface area (Å²) in [6.07, 6.45) is 2.31. The van der Waals surface area contributed by atoms with Crippen LogP contribution in [0, 0.1) is 6.92 Å². The molecule has 3 rings (SSSR count). The topological polar surface area (TPSA) is 55.2 Å². The molecule has 0 N–H and O–H groups in total. The number of nitrogens with zero attached hydrogens (tertiary/aromatic N) is 3. The number of hydrogen-bond acceptors (Lipinski definition) is 4. The molecule has 1 aliphatic rings. The number of aryl methyl sites for hydroxylation is 2. The van der Waals surface area contributed by atoms with Crippen molar-refractivity contribution in [3.63, 3.8) is 0 Å². The third-order valence-corrected chi connectivity index (χ3v) is 7.67. The second-order valence-corrected chi connectivity index (χ2v) is 9.41. The molecule has 0 saturated carbocycles. The van der Waals surface area contributed by atoms with E-state index in [1.54, 1.807) is 40.8 Å². The number of hydrogen-bond donors (Lipinski definition) is 0. The predicted molar refractivity (Wildman–Crippen MR) is 98.0 cm³/mol. The monoisotopic (exact) mass is 385 g/mol. The molecule has 2 heterocycles. The van der Waals surface area contributed by atoms with Crippen molar-refractivity contribution in [2.75, 3.05) is 18.8 Å². The van der Waals surface area contributed by atoms with Crippen molar-refractivity contribution >= 4 is 33.4 Å². The van der Waals surface area contributed by atoms with Crippen LogP contribution in [-0.2, 0) is 17.1 Å². The van der Waals surface area contributed by atoms with Crippen molar-refractivity contribution in [2.45, 2.75) is 23.6 Å². The van der Waals surface area contributed by atoms with E-state index < -0.39 is 10.0 Å². The van der Waals surface area contributed by atoms with E-state index in [4.69, 9.17) is 11.6 Å². The average Bonchev–Trinajstić information content (AvgIpc) is 2.77. The van der Waals surface area contributed by atoms with E-state index in [0.717, 1.165) is 22.8 Å². The molecule has 0 amide bonds. The van der Waals surface area contributed by atoms with Crippen LogP contribution in [0.25, 0.3) is 0 Å². The zero-order valence-corrected chi connectivity index (χ0v) is 16.0. The van der Waals surface area contributed by atoms with Gasteiger partial charge >= 0.3 is 0 Å². The molecule has 130 valence electrons. The summed E-state index contributed by atoms with van der Waals surface area (Å²) >= 11 is 8.05. The Morgan fingerprint density at radius 1 is 1.29 bits per heavy atom. The highest BCUT2D eigenvalue weighted by Crippen LogP contribution is 2.38. The molecule has 0 unspecified atom stereocenters. The van der Waals surface area contributed by atoms with E-state index in [9.17, 15) is 8.42 Å². The molecule has 1 aromatic heterocycles. The zero-order chi connectivity index (χ0) is 17.3. The number of sulfonamides is 1. The Labute approximate surface area is 152 Å². The molecule has 0 bridgehead atoms. The van der Waals surface area contributed by atoms with Crippen LogP contribution in [0.3, 0.4) is 0 Å². The second-order valence-electron chi connectivity index (χ2n) is 5.81. The Morgan fingerprint density at radius 3 is 2.71 bits per heavy atom. The molecule has 0 radical (unpaired) electrons. The van der Waals surface area contributed by atoms with Gasteiger partial charge < -0.3 is 4.57 Å². The Hall–Kier alpha value is -1.02. The molecule has 1 aliphatic heterocycles. The lowest BCUT2D eigenvalue weighted by atomic mass is 10.1. The predicted octanol–water partition coefficient (Wildman–Crippen LogP) is 3.25. The summed E-state index contributed by atoms with van der Waals surface area (Å²) in [6, 6.07) is 7.78. The van der Waals surface area contributed by atoms with Crippen LogP contribution in [0.1, 0.15) is 23.1 Å². The van der Waals surface area contributed by atoms with Gasteiger partial charge in [-0.25, -0.2) is 13.4 Å². The van der Waals surface area contributed by atoms with Crippen molar-refractivity contribution in [1.29, 1.82) is 0 Å². The first-order chi connectivity index (χ1) is 11.4. The fourth-order valence-corrected chi connectivity index (χ4v) is 5.95. The summed E-state index contributed by atoms with van der Waals surface area (Å²) in [4.78, 5) is 4.18. The van der Waals surface area contributed by atoms with Crippen LogP contribution >= 0.6 is 23.4 Å². The third kappa shape index (κ3) is 3.49. The maximum absolute atomic E-state index is 12.8. The third-order valence-electron chi connectivity index (χ3n) is 4.24. The molecule has 1 atom stereocenters. The number of imidazole rings is 1. The lowest BCUT2D eigenvalue weighted by Gasteiger charge is -2.18. The molecule has 1 saturated heterocycles. The first-order valence-electron chi connectivity index (χ1n) is 7.76. The largest absolute Gasteiger partial charge is 0.337 e. The lowest BCUT2D eigenvalue weighted by molar-refractivity contribution is 0.426. The minimum atomic E-state index is -3.55. The van der Waals surface area contributed by atoms with Crippen molar-refractivity contribution in [3.8, 4) is 0 Å². The van der Waals surface area contributed by atoms with Crippen LogP contribution < -0.4 is 0 Å². The lowest BCUT2D eigenvalue weighted by Crippen LogP contribution is -2.33. The minimum Gasteiger partial charge on any atom is -0.337 e. The van der Waals surface area contributed by atoms with E-state index in [0.29, 0.717) is 18.9 Å². The number of rotatable bonds is 3. The Balaban J connectivity index is 1.79. The number of benzene rings is 1. The van der Waals surface area contributed by atoms with Gasteiger partial charge in [-0.2, -0.15) is 16.1 Å². The van der Waals surface area contributed by atoms with E-state index in [1.807, 2.05) is 24.3 Å². The molecule has 24 heavy (non-hydrogen) atoms. The highest BCUT2D eigenvalue weighted by molar-refractivity contribution is 7.99. The summed E-state index contributed by atoms with van der Waals surface area (Å²) in [5, 5.41) is 1.08. The summed E-state index contributed by atoms with van der Waals surface area (Å²) in [5.41, 5.74) is 1.08. The van der Waals surface area contributed by atoms with Gasteiger partial charge in [0.2, 0.25) is 0 Å². The van der Waals surface area contributed by atoms with Gasteiger partial charge in [0, 0.05) is 42.4 Å². The summed E-state index contributed by atoms with van der Waals surface area (Å²) in [7, 11) is -1.75. The molecule has 0 spiro atoms. The molecular weight excluding hydrogens is 366 g/mol. The van der Waals surface area contributed by atoms with Crippen LogP contribution in [0.15, 0.2) is 35.5 Å². The van der Waals surface area contributed by atoms with Gasteiger partial charge in [0.15, 0.2) is 5.03 Å². The summed E-state index contributed by atoms with van der Waals surface area (Å²) in [6.45, 7) is 2.76. The van der Waals surface area contributed by atoms with Gasteiger partial charge in [-0.1, -0.05) is 29.8 Å². The van der Waals surface area contributed by atoms with Gasteiger partial charge in [0.05, 0.1) is 0 Å². The summed E-state index contributed by atoms with van der Waals surface area (Å²) < 4.78 is 28.9. The van der Waals surface area contributed by atoms with Gasteiger partial charge in [0.1, 0.15) is 5.82 Å². The van der Waals surface area contributed by atoms with Gasteiger partial charge in [-0.15, -0.1) is 0 Å². The second kappa shape index (κ2) is 7.07. The maximum atomic E-state index is 12.8. The quantitative estimate of drug-likeness (QED) is 0.813. The fourth-order valence-electron chi connectivity index (χ4n) is 2.76. The molecule has 1 aromatic carbocycles. The normalized spacial score (nSPS) is 20.0. The number of aromatic nitrogens is 2. The smallest absolute Gasteiger partial charge is 0.262 e. The molecular formula is C16H20ClN3O2S2.